The lowest BCUT2D eigenvalue weighted by molar-refractivity contribution is 0.102. The van der Waals surface area contributed by atoms with Gasteiger partial charge in [0.15, 0.2) is 5.69 Å². The minimum Gasteiger partial charge on any atom is -0.320 e. The molecule has 1 N–H and O–H groups in total. The lowest BCUT2D eigenvalue weighted by atomic mass is 10.1. The number of nitrogens with zero attached hydrogens (tertiary/aromatic N) is 5. The molecule has 1 amide bonds. The first-order chi connectivity index (χ1) is 12.5. The highest BCUT2D eigenvalue weighted by molar-refractivity contribution is 6.03. The molecule has 0 aliphatic carbocycles. The first kappa shape index (κ1) is 16.0. The summed E-state index contributed by atoms with van der Waals surface area (Å²) in [6.45, 7) is 3.99. The van der Waals surface area contributed by atoms with Crippen LogP contribution in [0.2, 0.25) is 0 Å². The zero-order valence-electron chi connectivity index (χ0n) is 14.8. The molecule has 3 aromatic heterocycles. The van der Waals surface area contributed by atoms with E-state index in [2.05, 4.69) is 20.6 Å². The van der Waals surface area contributed by atoms with Gasteiger partial charge in [-0.15, -0.1) is 5.10 Å². The fraction of sp³-hybridized carbons (Fsp3) is 0.158. The largest absolute Gasteiger partial charge is 0.320 e. The summed E-state index contributed by atoms with van der Waals surface area (Å²) < 4.78 is 3.48. The van der Waals surface area contributed by atoms with Crippen molar-refractivity contribution in [1.29, 1.82) is 0 Å². The molecule has 0 bridgehead atoms. The number of imidazole rings is 1. The van der Waals surface area contributed by atoms with Crippen LogP contribution in [-0.4, -0.2) is 30.3 Å². The van der Waals surface area contributed by atoms with E-state index in [-0.39, 0.29) is 11.6 Å². The number of rotatable bonds is 3. The number of nitrogens with one attached hydrogen (secondary N) is 1. The molecular formula is C19H18N6O. The van der Waals surface area contributed by atoms with Gasteiger partial charge in [-0.05, 0) is 43.2 Å². The van der Waals surface area contributed by atoms with E-state index >= 15 is 0 Å². The fourth-order valence-corrected chi connectivity index (χ4v) is 2.78. The van der Waals surface area contributed by atoms with Gasteiger partial charge in [-0.1, -0.05) is 17.3 Å². The van der Waals surface area contributed by atoms with Gasteiger partial charge in [-0.3, -0.25) is 9.48 Å². The number of benzene rings is 1. The van der Waals surface area contributed by atoms with Crippen LogP contribution in [0.3, 0.4) is 0 Å². The molecule has 0 atom stereocenters. The third kappa shape index (κ3) is 2.95. The molecule has 1 aromatic carbocycles. The zero-order valence-corrected chi connectivity index (χ0v) is 14.8. The van der Waals surface area contributed by atoms with Gasteiger partial charge in [0.05, 0.1) is 11.9 Å². The Bertz CT molecular complexity index is 1120. The Morgan fingerprint density at radius 3 is 2.73 bits per heavy atom. The molecule has 7 heteroatoms. The van der Waals surface area contributed by atoms with E-state index < -0.39 is 0 Å². The van der Waals surface area contributed by atoms with Crippen molar-refractivity contribution in [3.63, 3.8) is 0 Å². The minimum atomic E-state index is -0.288. The summed E-state index contributed by atoms with van der Waals surface area (Å²) >= 11 is 0. The molecule has 0 spiro atoms. The van der Waals surface area contributed by atoms with Gasteiger partial charge >= 0.3 is 0 Å². The SMILES string of the molecule is Cc1ccn2cc(-c3ccc(C)c(NC(=O)c4cn(C)nn4)c3)nc2c1. The van der Waals surface area contributed by atoms with E-state index in [4.69, 9.17) is 0 Å². The number of fused-ring (bicyclic) bond motifs is 1. The number of carbonyl (C=O) groups is 1. The van der Waals surface area contributed by atoms with Crippen molar-refractivity contribution in [2.75, 3.05) is 5.32 Å². The van der Waals surface area contributed by atoms with Crippen molar-refractivity contribution in [2.45, 2.75) is 13.8 Å². The predicted molar refractivity (Wildman–Crippen MR) is 99.1 cm³/mol. The van der Waals surface area contributed by atoms with Crippen LogP contribution >= 0.6 is 0 Å². The van der Waals surface area contributed by atoms with Gasteiger partial charge in [0.1, 0.15) is 5.65 Å². The van der Waals surface area contributed by atoms with E-state index in [1.807, 2.05) is 61.0 Å². The summed E-state index contributed by atoms with van der Waals surface area (Å²) in [6, 6.07) is 9.98. The highest BCUT2D eigenvalue weighted by Gasteiger charge is 2.13. The molecule has 0 saturated carbocycles. The average molecular weight is 346 g/mol. The molecular weight excluding hydrogens is 328 g/mol. The van der Waals surface area contributed by atoms with Gasteiger partial charge in [-0.2, -0.15) is 0 Å². The van der Waals surface area contributed by atoms with Gasteiger partial charge < -0.3 is 9.72 Å². The number of amides is 1. The maximum absolute atomic E-state index is 12.4. The van der Waals surface area contributed by atoms with Crippen LogP contribution in [0.4, 0.5) is 5.69 Å². The van der Waals surface area contributed by atoms with E-state index in [1.165, 1.54) is 4.68 Å². The molecule has 0 radical (unpaired) electrons. The lowest BCUT2D eigenvalue weighted by Gasteiger charge is -2.08. The minimum absolute atomic E-state index is 0.278. The summed E-state index contributed by atoms with van der Waals surface area (Å²) in [4.78, 5) is 17.0. The topological polar surface area (TPSA) is 77.1 Å². The average Bonchev–Trinajstić information content (AvgIpc) is 3.22. The monoisotopic (exact) mass is 346 g/mol. The second-order valence-electron chi connectivity index (χ2n) is 6.36. The number of anilines is 1. The summed E-state index contributed by atoms with van der Waals surface area (Å²) in [7, 11) is 1.72. The first-order valence-electron chi connectivity index (χ1n) is 8.24. The maximum atomic E-state index is 12.4. The van der Waals surface area contributed by atoms with Crippen LogP contribution in [0.15, 0.2) is 48.9 Å². The Morgan fingerprint density at radius 2 is 1.96 bits per heavy atom. The van der Waals surface area contributed by atoms with Crippen molar-refractivity contribution in [2.24, 2.45) is 7.05 Å². The number of aromatic nitrogens is 5. The first-order valence-corrected chi connectivity index (χ1v) is 8.24. The van der Waals surface area contributed by atoms with Crippen molar-refractivity contribution in [1.82, 2.24) is 24.4 Å². The third-order valence-electron chi connectivity index (χ3n) is 4.23. The predicted octanol–water partition coefficient (Wildman–Crippen LogP) is 3.00. The Hall–Kier alpha value is -3.48. The molecule has 0 unspecified atom stereocenters. The molecule has 0 fully saturated rings. The summed E-state index contributed by atoms with van der Waals surface area (Å²) in [6.07, 6.45) is 5.55. The van der Waals surface area contributed by atoms with Gasteiger partial charge in [0, 0.05) is 30.7 Å². The summed E-state index contributed by atoms with van der Waals surface area (Å²) in [5, 5.41) is 10.5. The molecule has 3 heterocycles. The molecule has 26 heavy (non-hydrogen) atoms. The fourth-order valence-electron chi connectivity index (χ4n) is 2.78. The summed E-state index contributed by atoms with van der Waals surface area (Å²) in [5.74, 6) is -0.288. The van der Waals surface area contributed by atoms with Crippen LogP contribution in [0.25, 0.3) is 16.9 Å². The van der Waals surface area contributed by atoms with E-state index in [0.717, 1.165) is 33.7 Å². The quantitative estimate of drug-likeness (QED) is 0.619. The Kier molecular flexibility index (Phi) is 3.76. The van der Waals surface area contributed by atoms with E-state index in [1.54, 1.807) is 13.2 Å². The lowest BCUT2D eigenvalue weighted by Crippen LogP contribution is -2.13. The molecule has 0 aliphatic heterocycles. The zero-order chi connectivity index (χ0) is 18.3. The highest BCUT2D eigenvalue weighted by Crippen LogP contribution is 2.25. The second kappa shape index (κ2) is 6.11. The molecule has 0 aliphatic rings. The van der Waals surface area contributed by atoms with Crippen molar-refractivity contribution in [3.8, 4) is 11.3 Å². The number of pyridine rings is 1. The Balaban J connectivity index is 1.67. The van der Waals surface area contributed by atoms with Crippen LogP contribution in [-0.2, 0) is 7.05 Å². The van der Waals surface area contributed by atoms with Gasteiger partial charge in [-0.25, -0.2) is 4.98 Å². The number of hydrogen-bond acceptors (Lipinski definition) is 4. The Labute approximate surface area is 150 Å². The number of hydrogen-bond donors (Lipinski definition) is 1. The van der Waals surface area contributed by atoms with Crippen LogP contribution in [0.1, 0.15) is 21.6 Å². The van der Waals surface area contributed by atoms with E-state index in [0.29, 0.717) is 0 Å². The van der Waals surface area contributed by atoms with Crippen LogP contribution in [0.5, 0.6) is 0 Å². The second-order valence-corrected chi connectivity index (χ2v) is 6.36. The van der Waals surface area contributed by atoms with Crippen molar-refractivity contribution >= 4 is 17.2 Å². The number of aryl methyl sites for hydroxylation is 3. The van der Waals surface area contributed by atoms with Crippen LogP contribution < -0.4 is 5.32 Å². The van der Waals surface area contributed by atoms with Crippen LogP contribution in [0, 0.1) is 13.8 Å². The molecule has 130 valence electrons. The smallest absolute Gasteiger partial charge is 0.277 e. The van der Waals surface area contributed by atoms with Gasteiger partial charge in [0.25, 0.3) is 5.91 Å². The third-order valence-corrected chi connectivity index (χ3v) is 4.23. The molecule has 4 aromatic rings. The highest BCUT2D eigenvalue weighted by atomic mass is 16.2. The van der Waals surface area contributed by atoms with Gasteiger partial charge in [0.2, 0.25) is 0 Å². The molecule has 7 nitrogen and oxygen atoms in total. The summed E-state index contributed by atoms with van der Waals surface area (Å²) in [5.41, 5.74) is 5.82. The van der Waals surface area contributed by atoms with Crippen molar-refractivity contribution < 1.29 is 4.79 Å². The Morgan fingerprint density at radius 1 is 1.12 bits per heavy atom. The number of carbonyl (C=O) groups excluding carboxylic acids is 1. The standard InChI is InChI=1S/C19H18N6O/c1-12-6-7-25-11-16(20-18(25)8-12)14-5-4-13(2)15(9-14)21-19(26)17-10-24(3)23-22-17/h4-11H,1-3H3,(H,21,26). The molecule has 4 rings (SSSR count). The normalized spacial score (nSPS) is 11.0. The van der Waals surface area contributed by atoms with Crippen molar-refractivity contribution in [3.05, 3.63) is 65.7 Å². The van der Waals surface area contributed by atoms with E-state index in [9.17, 15) is 4.79 Å². The molecule has 0 saturated heterocycles. The maximum Gasteiger partial charge on any atom is 0.277 e.